The number of halogens is 1. The lowest BCUT2D eigenvalue weighted by Gasteiger charge is -2.22. The van der Waals surface area contributed by atoms with Gasteiger partial charge in [-0.3, -0.25) is 4.79 Å². The molecule has 1 aromatic carbocycles. The SMILES string of the molecule is COc1ccc(Cl)c2c3c(n(C)c12)CCCC3CC(=O)O. The molecule has 1 heterocycles. The summed E-state index contributed by atoms with van der Waals surface area (Å²) in [5, 5.41) is 10.8. The van der Waals surface area contributed by atoms with E-state index in [0.29, 0.717) is 5.02 Å². The normalized spacial score (nSPS) is 17.8. The van der Waals surface area contributed by atoms with E-state index >= 15 is 0 Å². The molecule has 0 saturated heterocycles. The topological polar surface area (TPSA) is 51.5 Å². The Labute approximate surface area is 128 Å². The molecule has 0 amide bonds. The van der Waals surface area contributed by atoms with Crippen LogP contribution in [-0.4, -0.2) is 22.8 Å². The average Bonchev–Trinajstić information content (AvgIpc) is 2.75. The quantitative estimate of drug-likeness (QED) is 0.940. The van der Waals surface area contributed by atoms with Gasteiger partial charge < -0.3 is 14.4 Å². The van der Waals surface area contributed by atoms with Crippen molar-refractivity contribution in [2.45, 2.75) is 31.6 Å². The van der Waals surface area contributed by atoms with Gasteiger partial charge in [0.05, 0.1) is 24.1 Å². The number of hydrogen-bond acceptors (Lipinski definition) is 2. The summed E-state index contributed by atoms with van der Waals surface area (Å²) in [4.78, 5) is 11.2. The third kappa shape index (κ3) is 2.18. The van der Waals surface area contributed by atoms with Gasteiger partial charge in [0, 0.05) is 18.1 Å². The fourth-order valence-electron chi connectivity index (χ4n) is 3.58. The lowest BCUT2D eigenvalue weighted by atomic mass is 9.83. The van der Waals surface area contributed by atoms with Gasteiger partial charge in [-0.1, -0.05) is 11.6 Å². The Morgan fingerprint density at radius 2 is 2.29 bits per heavy atom. The van der Waals surface area contributed by atoms with Crippen LogP contribution in [-0.2, 0) is 18.3 Å². The monoisotopic (exact) mass is 307 g/mol. The van der Waals surface area contributed by atoms with Gasteiger partial charge in [0.15, 0.2) is 0 Å². The molecule has 0 aliphatic heterocycles. The third-order valence-electron chi connectivity index (χ3n) is 4.43. The fraction of sp³-hybridized carbons (Fsp3) is 0.438. The Morgan fingerprint density at radius 1 is 1.52 bits per heavy atom. The largest absolute Gasteiger partial charge is 0.495 e. The van der Waals surface area contributed by atoms with Gasteiger partial charge in [-0.25, -0.2) is 0 Å². The number of hydrogen-bond donors (Lipinski definition) is 1. The van der Waals surface area contributed by atoms with Gasteiger partial charge in [0.25, 0.3) is 0 Å². The number of nitrogens with zero attached hydrogens (tertiary/aromatic N) is 1. The van der Waals surface area contributed by atoms with Gasteiger partial charge in [-0.2, -0.15) is 0 Å². The van der Waals surface area contributed by atoms with Crippen molar-refractivity contribution in [3.63, 3.8) is 0 Å². The fourth-order valence-corrected chi connectivity index (χ4v) is 3.83. The second-order valence-corrected chi connectivity index (χ2v) is 5.99. The van der Waals surface area contributed by atoms with E-state index < -0.39 is 5.97 Å². The van der Waals surface area contributed by atoms with Gasteiger partial charge in [-0.05, 0) is 42.9 Å². The van der Waals surface area contributed by atoms with Crippen LogP contribution in [0.15, 0.2) is 12.1 Å². The molecule has 3 rings (SSSR count). The molecule has 112 valence electrons. The Kier molecular flexibility index (Phi) is 3.57. The first-order valence-electron chi connectivity index (χ1n) is 7.10. The van der Waals surface area contributed by atoms with Crippen LogP contribution in [0.5, 0.6) is 5.75 Å². The minimum Gasteiger partial charge on any atom is -0.495 e. The summed E-state index contributed by atoms with van der Waals surface area (Å²) in [6, 6.07) is 3.69. The molecule has 21 heavy (non-hydrogen) atoms. The Hall–Kier alpha value is -1.68. The molecule has 0 saturated carbocycles. The maximum atomic E-state index is 11.2. The van der Waals surface area contributed by atoms with Gasteiger partial charge in [-0.15, -0.1) is 0 Å². The Balaban J connectivity index is 2.32. The van der Waals surface area contributed by atoms with Crippen LogP contribution in [0.1, 0.15) is 36.4 Å². The summed E-state index contributed by atoms with van der Waals surface area (Å²) in [6.07, 6.45) is 3.01. The van der Waals surface area contributed by atoms with Crippen molar-refractivity contribution in [2.75, 3.05) is 7.11 Å². The maximum Gasteiger partial charge on any atom is 0.303 e. The lowest BCUT2D eigenvalue weighted by Crippen LogP contribution is -2.14. The van der Waals surface area contributed by atoms with Crippen molar-refractivity contribution in [1.82, 2.24) is 4.57 Å². The molecule has 2 aromatic rings. The zero-order valence-electron chi connectivity index (χ0n) is 12.1. The Bertz CT molecular complexity index is 720. The predicted octanol–water partition coefficient (Wildman–Crippen LogP) is 3.73. The zero-order chi connectivity index (χ0) is 15.1. The molecule has 1 N–H and O–H groups in total. The predicted molar refractivity (Wildman–Crippen MR) is 82.4 cm³/mol. The smallest absolute Gasteiger partial charge is 0.303 e. The summed E-state index contributed by atoms with van der Waals surface area (Å²) in [5.41, 5.74) is 3.26. The number of carbonyl (C=O) groups is 1. The first-order valence-corrected chi connectivity index (χ1v) is 7.47. The van der Waals surface area contributed by atoms with E-state index in [9.17, 15) is 9.90 Å². The minimum atomic E-state index is -0.760. The van der Waals surface area contributed by atoms with Crippen molar-refractivity contribution < 1.29 is 14.6 Å². The summed E-state index contributed by atoms with van der Waals surface area (Å²) >= 11 is 6.42. The molecule has 1 aliphatic rings. The highest BCUT2D eigenvalue weighted by Gasteiger charge is 2.30. The molecule has 0 fully saturated rings. The molecular formula is C16H18ClNO3. The Morgan fingerprint density at radius 3 is 2.95 bits per heavy atom. The molecule has 4 nitrogen and oxygen atoms in total. The number of aromatic nitrogens is 1. The van der Waals surface area contributed by atoms with Crippen LogP contribution in [0.25, 0.3) is 10.9 Å². The number of carboxylic acid groups (broad SMARTS) is 1. The summed E-state index contributed by atoms with van der Waals surface area (Å²) in [5.74, 6) is 0.0452. The highest BCUT2D eigenvalue weighted by Crippen LogP contribution is 2.45. The number of benzene rings is 1. The molecule has 0 bridgehead atoms. The number of rotatable bonds is 3. The van der Waals surface area contributed by atoms with E-state index in [1.807, 2.05) is 19.2 Å². The summed E-state index contributed by atoms with van der Waals surface area (Å²) in [6.45, 7) is 0. The summed E-state index contributed by atoms with van der Waals surface area (Å²) < 4.78 is 7.58. The first-order chi connectivity index (χ1) is 10.0. The lowest BCUT2D eigenvalue weighted by molar-refractivity contribution is -0.137. The zero-order valence-corrected chi connectivity index (χ0v) is 12.9. The van der Waals surface area contributed by atoms with E-state index in [2.05, 4.69) is 4.57 Å². The van der Waals surface area contributed by atoms with E-state index in [1.165, 1.54) is 5.69 Å². The molecule has 5 heteroatoms. The van der Waals surface area contributed by atoms with Crippen LogP contribution in [0.2, 0.25) is 5.02 Å². The number of aryl methyl sites for hydroxylation is 1. The molecule has 0 spiro atoms. The summed E-state index contributed by atoms with van der Waals surface area (Å²) in [7, 11) is 3.65. The van der Waals surface area contributed by atoms with E-state index in [4.69, 9.17) is 16.3 Å². The van der Waals surface area contributed by atoms with Gasteiger partial charge >= 0.3 is 5.97 Å². The van der Waals surface area contributed by atoms with Gasteiger partial charge in [0.2, 0.25) is 0 Å². The van der Waals surface area contributed by atoms with Crippen LogP contribution >= 0.6 is 11.6 Å². The molecular weight excluding hydrogens is 290 g/mol. The van der Waals surface area contributed by atoms with Crippen LogP contribution < -0.4 is 4.74 Å². The second kappa shape index (κ2) is 5.26. The number of aliphatic carboxylic acids is 1. The first kappa shape index (κ1) is 14.3. The van der Waals surface area contributed by atoms with Crippen LogP contribution in [0.3, 0.4) is 0 Å². The standard InChI is InChI=1S/C16H18ClNO3/c1-18-11-5-3-4-9(8-13(19)20)14(11)15-10(17)6-7-12(21-2)16(15)18/h6-7,9H,3-5,8H2,1-2H3,(H,19,20). The van der Waals surface area contributed by atoms with Crippen molar-refractivity contribution in [2.24, 2.45) is 7.05 Å². The van der Waals surface area contributed by atoms with Crippen molar-refractivity contribution >= 4 is 28.5 Å². The average molecular weight is 308 g/mol. The highest BCUT2D eigenvalue weighted by molar-refractivity contribution is 6.36. The maximum absolute atomic E-state index is 11.2. The van der Waals surface area contributed by atoms with Crippen LogP contribution in [0, 0.1) is 0 Å². The number of ether oxygens (including phenoxy) is 1. The third-order valence-corrected chi connectivity index (χ3v) is 4.74. The minimum absolute atomic E-state index is 0.0274. The number of methoxy groups -OCH3 is 1. The molecule has 0 radical (unpaired) electrons. The molecule has 1 aliphatic carbocycles. The molecule has 1 unspecified atom stereocenters. The number of fused-ring (bicyclic) bond motifs is 3. The van der Waals surface area contributed by atoms with E-state index in [0.717, 1.165) is 41.5 Å². The molecule has 1 atom stereocenters. The van der Waals surface area contributed by atoms with Crippen molar-refractivity contribution in [3.8, 4) is 5.75 Å². The second-order valence-electron chi connectivity index (χ2n) is 5.58. The van der Waals surface area contributed by atoms with Crippen molar-refractivity contribution in [3.05, 3.63) is 28.4 Å². The molecule has 1 aromatic heterocycles. The highest BCUT2D eigenvalue weighted by atomic mass is 35.5. The number of carboxylic acids is 1. The van der Waals surface area contributed by atoms with Gasteiger partial charge in [0.1, 0.15) is 5.75 Å². The van der Waals surface area contributed by atoms with E-state index in [-0.39, 0.29) is 12.3 Å². The van der Waals surface area contributed by atoms with E-state index in [1.54, 1.807) is 7.11 Å². The van der Waals surface area contributed by atoms with Crippen molar-refractivity contribution in [1.29, 1.82) is 0 Å². The van der Waals surface area contributed by atoms with Crippen LogP contribution in [0.4, 0.5) is 0 Å².